The van der Waals surface area contributed by atoms with Crippen LogP contribution >= 0.6 is 0 Å². The number of nitrogens with zero attached hydrogens (tertiary/aromatic N) is 1. The van der Waals surface area contributed by atoms with Crippen LogP contribution in [0.1, 0.15) is 129 Å². The fourth-order valence-corrected chi connectivity index (χ4v) is 4.33. The first-order valence-corrected chi connectivity index (χ1v) is 13.0. The number of unbranched alkanes of at least 4 members (excludes halogenated alkanes) is 15. The van der Waals surface area contributed by atoms with Gasteiger partial charge in [-0.15, -0.1) is 0 Å². The van der Waals surface area contributed by atoms with Crippen molar-refractivity contribution in [3.63, 3.8) is 0 Å². The Hall–Kier alpha value is -1.10. The molecule has 2 unspecified atom stereocenters. The number of carboxylic acids is 1. The first kappa shape index (κ1) is 27.9. The Labute approximate surface area is 191 Å². The number of hydrogen-bond acceptors (Lipinski definition) is 4. The molecule has 0 aromatic heterocycles. The fraction of sp³-hybridized carbons (Fsp3) is 0.923. The summed E-state index contributed by atoms with van der Waals surface area (Å²) in [5.74, 6) is -0.154. The van der Waals surface area contributed by atoms with Crippen LogP contribution in [0.4, 0.5) is 0 Å². The lowest BCUT2D eigenvalue weighted by Gasteiger charge is -2.21. The molecule has 2 atom stereocenters. The number of aliphatic imine (C=N–C) groups is 1. The molecule has 1 rings (SSSR count). The second-order valence-corrected chi connectivity index (χ2v) is 9.61. The highest BCUT2D eigenvalue weighted by Gasteiger charge is 2.36. The van der Waals surface area contributed by atoms with E-state index in [2.05, 4.69) is 11.9 Å². The van der Waals surface area contributed by atoms with E-state index in [4.69, 9.17) is 14.6 Å². The summed E-state index contributed by atoms with van der Waals surface area (Å²) < 4.78 is 10.8. The average Bonchev–Trinajstić information content (AvgIpc) is 3.12. The quantitative estimate of drug-likeness (QED) is 0.190. The summed E-state index contributed by atoms with van der Waals surface area (Å²) in [4.78, 5) is 15.8. The van der Waals surface area contributed by atoms with Crippen LogP contribution in [0, 0.1) is 0 Å². The largest absolute Gasteiger partial charge is 0.479 e. The summed E-state index contributed by atoms with van der Waals surface area (Å²) in [6, 6.07) is 0. The molecular weight excluding hydrogens is 390 g/mol. The van der Waals surface area contributed by atoms with Gasteiger partial charge in [0.25, 0.3) is 0 Å². The number of hydrogen-bond donors (Lipinski definition) is 1. The van der Waals surface area contributed by atoms with E-state index < -0.39 is 17.6 Å². The molecule has 0 saturated heterocycles. The van der Waals surface area contributed by atoms with Crippen molar-refractivity contribution in [1.82, 2.24) is 0 Å². The molecule has 0 radical (unpaired) electrons. The first-order valence-electron chi connectivity index (χ1n) is 13.0. The highest BCUT2D eigenvalue weighted by Crippen LogP contribution is 2.26. The molecule has 1 aliphatic heterocycles. The Morgan fingerprint density at radius 1 is 0.935 bits per heavy atom. The number of ether oxygens (including phenoxy) is 2. The summed E-state index contributed by atoms with van der Waals surface area (Å²) in [5, 5.41) is 9.16. The first-order chi connectivity index (χ1) is 15.0. The van der Waals surface area contributed by atoms with Gasteiger partial charge in [-0.3, -0.25) is 0 Å². The second-order valence-electron chi connectivity index (χ2n) is 9.61. The van der Waals surface area contributed by atoms with Crippen molar-refractivity contribution in [2.75, 3.05) is 13.7 Å². The van der Waals surface area contributed by atoms with Gasteiger partial charge in [0.2, 0.25) is 0 Å². The van der Waals surface area contributed by atoms with Gasteiger partial charge in [-0.05, 0) is 13.3 Å². The molecule has 0 spiro atoms. The molecule has 1 aliphatic rings. The van der Waals surface area contributed by atoms with Gasteiger partial charge < -0.3 is 14.6 Å². The van der Waals surface area contributed by atoms with Crippen LogP contribution < -0.4 is 0 Å². The Bertz CT molecular complexity index is 494. The molecule has 0 aromatic rings. The fourth-order valence-electron chi connectivity index (χ4n) is 4.33. The summed E-state index contributed by atoms with van der Waals surface area (Å²) >= 11 is 0. The van der Waals surface area contributed by atoms with Crippen LogP contribution in [0.25, 0.3) is 0 Å². The normalized spacial score (nSPS) is 19.3. The minimum Gasteiger partial charge on any atom is -0.479 e. The molecular formula is C26H49NO4. The molecule has 1 N–H and O–H groups in total. The van der Waals surface area contributed by atoms with E-state index in [1.165, 1.54) is 103 Å². The zero-order valence-corrected chi connectivity index (χ0v) is 20.6. The van der Waals surface area contributed by atoms with Crippen LogP contribution in [0.15, 0.2) is 4.99 Å². The van der Waals surface area contributed by atoms with Crippen molar-refractivity contribution >= 4 is 11.9 Å². The topological polar surface area (TPSA) is 68.1 Å². The van der Waals surface area contributed by atoms with Crippen molar-refractivity contribution < 1.29 is 19.4 Å². The highest BCUT2D eigenvalue weighted by atomic mass is 16.5. The van der Waals surface area contributed by atoms with Crippen molar-refractivity contribution in [1.29, 1.82) is 0 Å². The third-order valence-corrected chi connectivity index (χ3v) is 6.37. The van der Waals surface area contributed by atoms with E-state index in [1.54, 1.807) is 0 Å². The van der Waals surface area contributed by atoms with Crippen LogP contribution in [0.2, 0.25) is 0 Å². The maximum atomic E-state index is 11.2. The van der Waals surface area contributed by atoms with E-state index in [1.807, 2.05) is 6.92 Å². The van der Waals surface area contributed by atoms with Crippen molar-refractivity contribution in [3.05, 3.63) is 0 Å². The van der Waals surface area contributed by atoms with E-state index in [9.17, 15) is 4.79 Å². The molecule has 5 nitrogen and oxygen atoms in total. The third kappa shape index (κ3) is 13.8. The SMILES string of the molecule is CCCCCCCCCCCCCCCCCCC1=NC(C)(CC(OC)C(=O)O)CO1. The van der Waals surface area contributed by atoms with E-state index in [-0.39, 0.29) is 0 Å². The molecule has 0 saturated carbocycles. The van der Waals surface area contributed by atoms with Gasteiger partial charge in [0.1, 0.15) is 6.61 Å². The van der Waals surface area contributed by atoms with Gasteiger partial charge in [0.15, 0.2) is 12.0 Å². The van der Waals surface area contributed by atoms with Crippen molar-refractivity contribution in [2.45, 2.75) is 141 Å². The summed E-state index contributed by atoms with van der Waals surface area (Å²) in [6.45, 7) is 4.68. The van der Waals surface area contributed by atoms with Crippen LogP contribution in [-0.2, 0) is 14.3 Å². The second kappa shape index (κ2) is 17.5. The maximum absolute atomic E-state index is 11.2. The minimum atomic E-state index is -0.940. The highest BCUT2D eigenvalue weighted by molar-refractivity contribution is 5.78. The Balaban J connectivity index is 1.93. The number of methoxy groups -OCH3 is 1. The Kier molecular flexibility index (Phi) is 15.7. The van der Waals surface area contributed by atoms with Crippen LogP contribution in [0.5, 0.6) is 0 Å². The Morgan fingerprint density at radius 3 is 1.81 bits per heavy atom. The zero-order chi connectivity index (χ0) is 22.8. The number of carboxylic acid groups (broad SMARTS) is 1. The molecule has 0 amide bonds. The van der Waals surface area contributed by atoms with Gasteiger partial charge in [0.05, 0.1) is 5.54 Å². The number of carbonyl (C=O) groups is 1. The van der Waals surface area contributed by atoms with Gasteiger partial charge in [-0.25, -0.2) is 9.79 Å². The molecule has 0 aliphatic carbocycles. The standard InChI is InChI=1S/C26H49NO4/c1-4-5-6-7-8-9-10-11-12-13-14-15-16-17-18-19-20-24-27-26(2,22-31-24)21-23(30-3)25(28)29/h23H,4-22H2,1-3H3,(H,28,29). The molecule has 5 heteroatoms. The van der Waals surface area contributed by atoms with E-state index >= 15 is 0 Å². The lowest BCUT2D eigenvalue weighted by molar-refractivity contribution is -0.149. The van der Waals surface area contributed by atoms with E-state index in [0.29, 0.717) is 13.0 Å². The average molecular weight is 440 g/mol. The van der Waals surface area contributed by atoms with Crippen LogP contribution in [-0.4, -0.2) is 42.3 Å². The van der Waals surface area contributed by atoms with Gasteiger partial charge in [0, 0.05) is 20.0 Å². The van der Waals surface area contributed by atoms with Gasteiger partial charge in [-0.2, -0.15) is 0 Å². The minimum absolute atomic E-state index is 0.349. The third-order valence-electron chi connectivity index (χ3n) is 6.37. The molecule has 0 aromatic carbocycles. The maximum Gasteiger partial charge on any atom is 0.332 e. The molecule has 182 valence electrons. The van der Waals surface area contributed by atoms with Crippen molar-refractivity contribution in [2.24, 2.45) is 4.99 Å². The Morgan fingerprint density at radius 2 is 1.39 bits per heavy atom. The lowest BCUT2D eigenvalue weighted by Crippen LogP contribution is -2.35. The number of rotatable bonds is 21. The predicted octanol–water partition coefficient (Wildman–Crippen LogP) is 7.32. The van der Waals surface area contributed by atoms with Crippen LogP contribution in [0.3, 0.4) is 0 Å². The monoisotopic (exact) mass is 439 g/mol. The molecule has 0 fully saturated rings. The number of aliphatic carboxylic acids is 1. The molecule has 0 bridgehead atoms. The van der Waals surface area contributed by atoms with Gasteiger partial charge >= 0.3 is 5.97 Å². The van der Waals surface area contributed by atoms with E-state index in [0.717, 1.165) is 18.7 Å². The zero-order valence-electron chi connectivity index (χ0n) is 20.6. The lowest BCUT2D eigenvalue weighted by atomic mass is 9.96. The van der Waals surface area contributed by atoms with Gasteiger partial charge in [-0.1, -0.05) is 103 Å². The summed E-state index contributed by atoms with van der Waals surface area (Å²) in [6.07, 6.45) is 22.2. The molecule has 1 heterocycles. The van der Waals surface area contributed by atoms with Crippen molar-refractivity contribution in [3.8, 4) is 0 Å². The molecule has 31 heavy (non-hydrogen) atoms. The summed E-state index contributed by atoms with van der Waals surface area (Å²) in [5.41, 5.74) is -0.483. The smallest absolute Gasteiger partial charge is 0.332 e. The summed E-state index contributed by atoms with van der Waals surface area (Å²) in [7, 11) is 1.43. The predicted molar refractivity (Wildman–Crippen MR) is 129 cm³/mol.